The van der Waals surface area contributed by atoms with E-state index in [0.717, 1.165) is 0 Å². The molecule has 3 aromatic rings. The third kappa shape index (κ3) is 3.82. The molecule has 0 aliphatic heterocycles. The van der Waals surface area contributed by atoms with Crippen LogP contribution in [0.25, 0.3) is 10.2 Å². The number of benzene rings is 1. The highest BCUT2D eigenvalue weighted by molar-refractivity contribution is 7.17. The smallest absolute Gasteiger partial charge is 0.271 e. The van der Waals surface area contributed by atoms with Crippen molar-refractivity contribution in [1.29, 1.82) is 0 Å². The number of amides is 2. The highest BCUT2D eigenvalue weighted by atomic mass is 32.1. The third-order valence-corrected chi connectivity index (χ3v) is 4.76. The fourth-order valence-corrected chi connectivity index (χ4v) is 3.33. The molecule has 2 aromatic heterocycles. The standard InChI is InChI=1S/C18H18N4O4S/c1-21(2)17(24)12-8-11(4-5-14(12)26-3)20-15(23)9-22-10-19-13-6-7-27-16(13)18(22)25/h4-8,10H,9H2,1-3H3,(H,20,23). The Morgan fingerprint density at radius 1 is 1.30 bits per heavy atom. The molecule has 0 fully saturated rings. The summed E-state index contributed by atoms with van der Waals surface area (Å²) in [6.07, 6.45) is 1.35. The lowest BCUT2D eigenvalue weighted by Gasteiger charge is -2.15. The first-order valence-electron chi connectivity index (χ1n) is 8.03. The molecule has 9 heteroatoms. The van der Waals surface area contributed by atoms with Crippen molar-refractivity contribution >= 4 is 39.1 Å². The summed E-state index contributed by atoms with van der Waals surface area (Å²) in [6, 6.07) is 6.54. The van der Waals surface area contributed by atoms with Crippen molar-refractivity contribution in [2.24, 2.45) is 0 Å². The van der Waals surface area contributed by atoms with Gasteiger partial charge in [0.05, 0.1) is 24.5 Å². The summed E-state index contributed by atoms with van der Waals surface area (Å²) >= 11 is 1.29. The number of carbonyl (C=O) groups is 2. The Bertz CT molecular complexity index is 1070. The lowest BCUT2D eigenvalue weighted by atomic mass is 10.1. The first kappa shape index (κ1) is 18.6. The molecule has 3 rings (SSSR count). The minimum absolute atomic E-state index is 0.178. The first-order chi connectivity index (χ1) is 12.9. The maximum atomic E-state index is 12.4. The summed E-state index contributed by atoms with van der Waals surface area (Å²) in [5.74, 6) is -0.231. The second-order valence-corrected chi connectivity index (χ2v) is 6.89. The molecule has 0 radical (unpaired) electrons. The number of aromatic nitrogens is 2. The second kappa shape index (κ2) is 7.58. The van der Waals surface area contributed by atoms with Crippen molar-refractivity contribution in [3.05, 3.63) is 51.9 Å². The minimum atomic E-state index is -0.400. The van der Waals surface area contributed by atoms with Gasteiger partial charge in [0.15, 0.2) is 0 Å². The van der Waals surface area contributed by atoms with Crippen LogP contribution in [-0.2, 0) is 11.3 Å². The molecule has 1 N–H and O–H groups in total. The normalized spacial score (nSPS) is 10.6. The summed E-state index contributed by atoms with van der Waals surface area (Å²) in [5.41, 5.74) is 1.12. The zero-order valence-corrected chi connectivity index (χ0v) is 15.9. The van der Waals surface area contributed by atoms with Gasteiger partial charge in [0.2, 0.25) is 5.91 Å². The van der Waals surface area contributed by atoms with Gasteiger partial charge in [-0.15, -0.1) is 11.3 Å². The average Bonchev–Trinajstić information content (AvgIpc) is 3.13. The van der Waals surface area contributed by atoms with Gasteiger partial charge in [-0.05, 0) is 29.6 Å². The van der Waals surface area contributed by atoms with Gasteiger partial charge in [-0.25, -0.2) is 4.98 Å². The van der Waals surface area contributed by atoms with E-state index in [1.54, 1.807) is 43.7 Å². The van der Waals surface area contributed by atoms with Gasteiger partial charge in [0, 0.05) is 19.8 Å². The maximum absolute atomic E-state index is 12.4. The van der Waals surface area contributed by atoms with E-state index < -0.39 is 5.91 Å². The molecule has 0 aliphatic carbocycles. The number of nitrogens with one attached hydrogen (secondary N) is 1. The molecule has 8 nitrogen and oxygen atoms in total. The van der Waals surface area contributed by atoms with E-state index in [-0.39, 0.29) is 18.0 Å². The molecule has 140 valence electrons. The van der Waals surface area contributed by atoms with Crippen LogP contribution in [0.3, 0.4) is 0 Å². The summed E-state index contributed by atoms with van der Waals surface area (Å²) in [4.78, 5) is 42.6. The van der Waals surface area contributed by atoms with Crippen LogP contribution in [0.2, 0.25) is 0 Å². The van der Waals surface area contributed by atoms with E-state index >= 15 is 0 Å². The lowest BCUT2D eigenvalue weighted by Crippen LogP contribution is -2.27. The zero-order valence-electron chi connectivity index (χ0n) is 15.1. The number of fused-ring (bicyclic) bond motifs is 1. The van der Waals surface area contributed by atoms with Crippen molar-refractivity contribution in [2.45, 2.75) is 6.54 Å². The van der Waals surface area contributed by atoms with Crippen LogP contribution in [0.15, 0.2) is 40.8 Å². The largest absolute Gasteiger partial charge is 0.496 e. The van der Waals surface area contributed by atoms with Crippen LogP contribution < -0.4 is 15.6 Å². The lowest BCUT2D eigenvalue weighted by molar-refractivity contribution is -0.116. The van der Waals surface area contributed by atoms with Crippen LogP contribution in [0.4, 0.5) is 5.69 Å². The number of hydrogen-bond donors (Lipinski definition) is 1. The summed E-state index contributed by atoms with van der Waals surface area (Å²) in [6.45, 7) is -0.178. The van der Waals surface area contributed by atoms with Crippen molar-refractivity contribution in [3.63, 3.8) is 0 Å². The zero-order chi connectivity index (χ0) is 19.6. The van der Waals surface area contributed by atoms with Gasteiger partial charge in [-0.1, -0.05) is 0 Å². The molecule has 2 heterocycles. The van der Waals surface area contributed by atoms with E-state index in [1.165, 1.54) is 34.2 Å². The molecule has 0 spiro atoms. The molecule has 27 heavy (non-hydrogen) atoms. The van der Waals surface area contributed by atoms with Gasteiger partial charge in [-0.2, -0.15) is 0 Å². The van der Waals surface area contributed by atoms with E-state index in [2.05, 4.69) is 10.3 Å². The summed E-state index contributed by atoms with van der Waals surface area (Å²) < 4.78 is 6.97. The number of ether oxygens (including phenoxy) is 1. The van der Waals surface area contributed by atoms with Gasteiger partial charge in [-0.3, -0.25) is 19.0 Å². The van der Waals surface area contributed by atoms with E-state index in [4.69, 9.17) is 4.74 Å². The topological polar surface area (TPSA) is 93.5 Å². The molecule has 1 aromatic carbocycles. The van der Waals surface area contributed by atoms with E-state index in [1.807, 2.05) is 0 Å². The van der Waals surface area contributed by atoms with Gasteiger partial charge >= 0.3 is 0 Å². The molecule has 0 unspecified atom stereocenters. The van der Waals surface area contributed by atoms with Crippen LogP contribution in [-0.4, -0.2) is 47.5 Å². The minimum Gasteiger partial charge on any atom is -0.496 e. The number of nitrogens with zero attached hydrogens (tertiary/aromatic N) is 3. The number of rotatable bonds is 5. The Balaban J connectivity index is 1.81. The Kier molecular flexibility index (Phi) is 5.22. The second-order valence-electron chi connectivity index (χ2n) is 5.98. The molecule has 0 saturated heterocycles. The fourth-order valence-electron chi connectivity index (χ4n) is 2.54. The molecule has 2 amide bonds. The van der Waals surface area contributed by atoms with Crippen molar-refractivity contribution in [3.8, 4) is 5.75 Å². The Hall–Kier alpha value is -3.20. The number of anilines is 1. The molecule has 0 aliphatic rings. The van der Waals surface area contributed by atoms with Crippen LogP contribution >= 0.6 is 11.3 Å². The summed E-state index contributed by atoms with van der Waals surface area (Å²) in [7, 11) is 4.74. The predicted octanol–water partition coefficient (Wildman–Crippen LogP) is 1.81. The number of carbonyl (C=O) groups excluding carboxylic acids is 2. The van der Waals surface area contributed by atoms with Crippen LogP contribution in [0.5, 0.6) is 5.75 Å². The van der Waals surface area contributed by atoms with Crippen molar-refractivity contribution < 1.29 is 14.3 Å². The maximum Gasteiger partial charge on any atom is 0.271 e. The van der Waals surface area contributed by atoms with Crippen molar-refractivity contribution in [1.82, 2.24) is 14.5 Å². The Labute approximate surface area is 159 Å². The highest BCUT2D eigenvalue weighted by Gasteiger charge is 2.16. The predicted molar refractivity (Wildman–Crippen MR) is 104 cm³/mol. The molecule has 0 bridgehead atoms. The van der Waals surface area contributed by atoms with Gasteiger partial charge in [0.25, 0.3) is 11.5 Å². The summed E-state index contributed by atoms with van der Waals surface area (Å²) in [5, 5.41) is 4.48. The fraction of sp³-hybridized carbons (Fsp3) is 0.222. The molecular formula is C18H18N4O4S. The number of thiophene rings is 1. The average molecular weight is 386 g/mol. The number of hydrogen-bond acceptors (Lipinski definition) is 6. The van der Waals surface area contributed by atoms with E-state index in [0.29, 0.717) is 27.2 Å². The monoisotopic (exact) mass is 386 g/mol. The Morgan fingerprint density at radius 3 is 2.78 bits per heavy atom. The highest BCUT2D eigenvalue weighted by Crippen LogP contribution is 2.23. The van der Waals surface area contributed by atoms with E-state index in [9.17, 15) is 14.4 Å². The van der Waals surface area contributed by atoms with Crippen LogP contribution in [0, 0.1) is 0 Å². The molecule has 0 saturated carbocycles. The van der Waals surface area contributed by atoms with Crippen molar-refractivity contribution in [2.75, 3.05) is 26.5 Å². The molecular weight excluding hydrogens is 368 g/mol. The van der Waals surface area contributed by atoms with Crippen LogP contribution in [0.1, 0.15) is 10.4 Å². The first-order valence-corrected chi connectivity index (χ1v) is 8.91. The number of methoxy groups -OCH3 is 1. The Morgan fingerprint density at radius 2 is 2.07 bits per heavy atom. The molecule has 0 atom stereocenters. The SMILES string of the molecule is COc1ccc(NC(=O)Cn2cnc3ccsc3c2=O)cc1C(=O)N(C)C. The quantitative estimate of drug-likeness (QED) is 0.722. The van der Waals surface area contributed by atoms with Gasteiger partial charge < -0.3 is 15.0 Å². The third-order valence-electron chi connectivity index (χ3n) is 3.87. The van der Waals surface area contributed by atoms with Gasteiger partial charge in [0.1, 0.15) is 17.0 Å².